The molecule has 1 aromatic carbocycles. The normalized spacial score (nSPS) is 11.2. The lowest BCUT2D eigenvalue weighted by molar-refractivity contribution is -0.137. The Labute approximate surface area is 119 Å². The second kappa shape index (κ2) is 5.90. The van der Waals surface area contributed by atoms with Crippen molar-refractivity contribution in [1.29, 1.82) is 0 Å². The third-order valence-electron chi connectivity index (χ3n) is 2.89. The first kappa shape index (κ1) is 15.0. The first-order valence-electron chi connectivity index (χ1n) is 6.10. The number of amides is 1. The molecule has 0 spiro atoms. The van der Waals surface area contributed by atoms with Crippen LogP contribution in [-0.2, 0) is 12.7 Å². The minimum atomic E-state index is -4.49. The maximum absolute atomic E-state index is 12.7. The van der Waals surface area contributed by atoms with Gasteiger partial charge in [-0.1, -0.05) is 0 Å². The molecule has 0 atom stereocenters. The Balaban J connectivity index is 2.21. The minimum absolute atomic E-state index is 0.0594. The van der Waals surface area contributed by atoms with E-state index in [-0.39, 0.29) is 12.1 Å². The summed E-state index contributed by atoms with van der Waals surface area (Å²) in [6.45, 7) is 0.175. The van der Waals surface area contributed by atoms with Crippen molar-refractivity contribution >= 4 is 11.6 Å². The van der Waals surface area contributed by atoms with Gasteiger partial charge in [0.05, 0.1) is 23.7 Å². The van der Waals surface area contributed by atoms with E-state index in [1.165, 1.54) is 25.6 Å². The van der Waals surface area contributed by atoms with E-state index in [4.69, 9.17) is 4.42 Å². The summed E-state index contributed by atoms with van der Waals surface area (Å²) in [5.41, 5.74) is 0.125. The van der Waals surface area contributed by atoms with Gasteiger partial charge in [0.1, 0.15) is 0 Å². The van der Waals surface area contributed by atoms with Crippen LogP contribution in [0.5, 0.6) is 0 Å². The van der Waals surface area contributed by atoms with Crippen LogP contribution in [0.25, 0.3) is 0 Å². The molecule has 112 valence electrons. The average molecular weight is 298 g/mol. The van der Waals surface area contributed by atoms with Gasteiger partial charge in [0.15, 0.2) is 0 Å². The number of alkyl halides is 3. The number of halogens is 3. The van der Waals surface area contributed by atoms with Gasteiger partial charge in [-0.25, -0.2) is 0 Å². The van der Waals surface area contributed by atoms with E-state index >= 15 is 0 Å². The third kappa shape index (κ3) is 3.56. The summed E-state index contributed by atoms with van der Waals surface area (Å²) < 4.78 is 43.0. The number of nitrogens with one attached hydrogen (secondary N) is 2. The van der Waals surface area contributed by atoms with Crippen LogP contribution in [0.4, 0.5) is 18.9 Å². The van der Waals surface area contributed by atoms with E-state index in [0.29, 0.717) is 5.69 Å². The quantitative estimate of drug-likeness (QED) is 0.911. The van der Waals surface area contributed by atoms with Gasteiger partial charge in [0.25, 0.3) is 5.91 Å². The van der Waals surface area contributed by atoms with E-state index < -0.39 is 17.6 Å². The average Bonchev–Trinajstić information content (AvgIpc) is 2.96. The fraction of sp³-hybridized carbons (Fsp3) is 0.214. The van der Waals surface area contributed by atoms with E-state index in [1.54, 1.807) is 6.07 Å². The molecule has 0 saturated heterocycles. The van der Waals surface area contributed by atoms with Crippen molar-refractivity contribution in [3.63, 3.8) is 0 Å². The van der Waals surface area contributed by atoms with Crippen LogP contribution in [0.2, 0.25) is 0 Å². The van der Waals surface area contributed by atoms with E-state index in [9.17, 15) is 18.0 Å². The molecule has 2 rings (SSSR count). The van der Waals surface area contributed by atoms with Gasteiger partial charge in [-0.3, -0.25) is 4.79 Å². The largest absolute Gasteiger partial charge is 0.472 e. The number of anilines is 1. The lowest BCUT2D eigenvalue weighted by Gasteiger charge is -2.13. The zero-order chi connectivity index (χ0) is 15.5. The van der Waals surface area contributed by atoms with Crippen molar-refractivity contribution < 1.29 is 22.4 Å². The molecule has 2 N–H and O–H groups in total. The van der Waals surface area contributed by atoms with Crippen LogP contribution in [0.3, 0.4) is 0 Å². The standard InChI is InChI=1S/C14H13F3N2O2/c1-18-12-3-2-10(14(15,16)17)6-11(12)13(20)19-7-9-4-5-21-8-9/h2-6,8,18H,7H2,1H3,(H,19,20). The smallest absolute Gasteiger partial charge is 0.416 e. The first-order chi connectivity index (χ1) is 9.91. The molecule has 0 aliphatic carbocycles. The predicted octanol–water partition coefficient (Wildman–Crippen LogP) is 3.27. The summed E-state index contributed by atoms with van der Waals surface area (Å²) in [4.78, 5) is 12.0. The lowest BCUT2D eigenvalue weighted by Crippen LogP contribution is -2.24. The highest BCUT2D eigenvalue weighted by Crippen LogP contribution is 2.31. The molecule has 1 amide bonds. The lowest BCUT2D eigenvalue weighted by atomic mass is 10.1. The molecule has 0 aliphatic rings. The van der Waals surface area contributed by atoms with Gasteiger partial charge in [0.2, 0.25) is 0 Å². The molecule has 0 unspecified atom stereocenters. The first-order valence-corrected chi connectivity index (χ1v) is 6.10. The summed E-state index contributed by atoms with van der Waals surface area (Å²) in [5, 5.41) is 5.25. The molecule has 0 radical (unpaired) electrons. The molecule has 0 saturated carbocycles. The molecular formula is C14H13F3N2O2. The highest BCUT2D eigenvalue weighted by molar-refractivity contribution is 5.99. The summed E-state index contributed by atoms with van der Waals surface area (Å²) in [6.07, 6.45) is -1.60. The van der Waals surface area contributed by atoms with E-state index in [1.807, 2.05) is 0 Å². The van der Waals surface area contributed by atoms with Crippen molar-refractivity contribution in [1.82, 2.24) is 5.32 Å². The number of hydrogen-bond donors (Lipinski definition) is 2. The SMILES string of the molecule is CNc1ccc(C(F)(F)F)cc1C(=O)NCc1ccoc1. The van der Waals surface area contributed by atoms with Gasteiger partial charge >= 0.3 is 6.18 Å². The molecule has 0 aliphatic heterocycles. The van der Waals surface area contributed by atoms with Crippen molar-refractivity contribution in [2.24, 2.45) is 0 Å². The van der Waals surface area contributed by atoms with Crippen molar-refractivity contribution in [3.05, 3.63) is 53.5 Å². The zero-order valence-corrected chi connectivity index (χ0v) is 11.1. The second-order valence-corrected chi connectivity index (χ2v) is 4.32. The van der Waals surface area contributed by atoms with Crippen molar-refractivity contribution in [3.8, 4) is 0 Å². The maximum atomic E-state index is 12.7. The van der Waals surface area contributed by atoms with Crippen LogP contribution in [0.1, 0.15) is 21.5 Å². The molecule has 7 heteroatoms. The Morgan fingerprint density at radius 3 is 2.62 bits per heavy atom. The van der Waals surface area contributed by atoms with Crippen LogP contribution in [0, 0.1) is 0 Å². The van der Waals surface area contributed by atoms with Crippen LogP contribution >= 0.6 is 0 Å². The third-order valence-corrected chi connectivity index (χ3v) is 2.89. The molecule has 4 nitrogen and oxygen atoms in total. The Hall–Kier alpha value is -2.44. The van der Waals surface area contributed by atoms with Crippen LogP contribution in [0.15, 0.2) is 41.2 Å². The highest BCUT2D eigenvalue weighted by atomic mass is 19.4. The zero-order valence-electron chi connectivity index (χ0n) is 11.1. The van der Waals surface area contributed by atoms with Gasteiger partial charge < -0.3 is 15.1 Å². The summed E-state index contributed by atoms with van der Waals surface area (Å²) >= 11 is 0. The Kier molecular flexibility index (Phi) is 4.21. The molecule has 2 aromatic rings. The number of carbonyl (C=O) groups is 1. The summed E-state index contributed by atoms with van der Waals surface area (Å²) in [7, 11) is 1.54. The Morgan fingerprint density at radius 1 is 1.29 bits per heavy atom. The maximum Gasteiger partial charge on any atom is 0.416 e. The number of furan rings is 1. The Bertz CT molecular complexity index is 622. The summed E-state index contributed by atoms with van der Waals surface area (Å²) in [6, 6.07) is 4.65. The number of benzene rings is 1. The fourth-order valence-electron chi connectivity index (χ4n) is 1.80. The van der Waals surface area contributed by atoms with Crippen molar-refractivity contribution in [2.75, 3.05) is 12.4 Å². The molecule has 1 aromatic heterocycles. The van der Waals surface area contributed by atoms with Gasteiger partial charge in [-0.2, -0.15) is 13.2 Å². The molecule has 0 bridgehead atoms. The Morgan fingerprint density at radius 2 is 2.05 bits per heavy atom. The predicted molar refractivity (Wildman–Crippen MR) is 70.9 cm³/mol. The van der Waals surface area contributed by atoms with E-state index in [2.05, 4.69) is 10.6 Å². The highest BCUT2D eigenvalue weighted by Gasteiger charge is 2.31. The van der Waals surface area contributed by atoms with E-state index in [0.717, 1.165) is 17.7 Å². The number of rotatable bonds is 4. The van der Waals surface area contributed by atoms with Crippen LogP contribution < -0.4 is 10.6 Å². The number of carbonyl (C=O) groups excluding carboxylic acids is 1. The second-order valence-electron chi connectivity index (χ2n) is 4.32. The van der Waals surface area contributed by atoms with Gasteiger partial charge in [-0.05, 0) is 24.3 Å². The van der Waals surface area contributed by atoms with Gasteiger partial charge in [-0.15, -0.1) is 0 Å². The van der Waals surface area contributed by atoms with Crippen molar-refractivity contribution in [2.45, 2.75) is 12.7 Å². The van der Waals surface area contributed by atoms with Gasteiger partial charge in [0, 0.05) is 24.8 Å². The molecule has 1 heterocycles. The number of hydrogen-bond acceptors (Lipinski definition) is 3. The minimum Gasteiger partial charge on any atom is -0.472 e. The topological polar surface area (TPSA) is 54.3 Å². The molecule has 21 heavy (non-hydrogen) atoms. The summed E-state index contributed by atoms with van der Waals surface area (Å²) in [5.74, 6) is -0.591. The molecule has 0 fully saturated rings. The van der Waals surface area contributed by atoms with Crippen LogP contribution in [-0.4, -0.2) is 13.0 Å². The fourth-order valence-corrected chi connectivity index (χ4v) is 1.80. The molecular weight excluding hydrogens is 285 g/mol. The monoisotopic (exact) mass is 298 g/mol.